The number of nitrogens with two attached hydrogens (primary N) is 1. The van der Waals surface area contributed by atoms with Crippen molar-refractivity contribution >= 4 is 23.2 Å². The van der Waals surface area contributed by atoms with Gasteiger partial charge in [-0.15, -0.1) is 0 Å². The van der Waals surface area contributed by atoms with Crippen molar-refractivity contribution in [3.05, 3.63) is 23.2 Å². The fraction of sp³-hybridized carbons (Fsp3) is 0.462. The molecule has 1 rings (SSSR count). The zero-order valence-corrected chi connectivity index (χ0v) is 11.7. The van der Waals surface area contributed by atoms with E-state index in [4.69, 9.17) is 26.8 Å². The van der Waals surface area contributed by atoms with Crippen LogP contribution in [-0.4, -0.2) is 32.3 Å². The van der Waals surface area contributed by atoms with Crippen LogP contribution in [-0.2, 0) is 9.53 Å². The summed E-state index contributed by atoms with van der Waals surface area (Å²) in [6.07, 6.45) is 0.910. The average Bonchev–Trinajstić information content (AvgIpc) is 2.38. The van der Waals surface area contributed by atoms with Crippen molar-refractivity contribution in [2.45, 2.75) is 13.3 Å². The molecule has 19 heavy (non-hydrogen) atoms. The molecule has 0 aliphatic carbocycles. The van der Waals surface area contributed by atoms with Crippen LogP contribution in [0.15, 0.2) is 18.2 Å². The summed E-state index contributed by atoms with van der Waals surface area (Å²) >= 11 is 6.05. The van der Waals surface area contributed by atoms with Crippen LogP contribution in [0.4, 0.5) is 5.69 Å². The molecule has 1 amide bonds. The fourth-order valence-electron chi connectivity index (χ4n) is 1.35. The molecule has 3 N–H and O–H groups in total. The van der Waals surface area contributed by atoms with Crippen molar-refractivity contribution in [3.63, 3.8) is 0 Å². The molecule has 0 saturated carbocycles. The van der Waals surface area contributed by atoms with Gasteiger partial charge in [-0.25, -0.2) is 0 Å². The van der Waals surface area contributed by atoms with Gasteiger partial charge in [0.25, 0.3) is 0 Å². The topological polar surface area (TPSA) is 73.6 Å². The Kier molecular flexibility index (Phi) is 7.25. The summed E-state index contributed by atoms with van der Waals surface area (Å²) in [5.74, 6) is 0.368. The maximum Gasteiger partial charge on any atom is 0.250 e. The SMILES string of the molecule is CCCOc1ccc(NC(=O)COCCN)cc1Cl. The van der Waals surface area contributed by atoms with Gasteiger partial charge in [0.05, 0.1) is 18.2 Å². The highest BCUT2D eigenvalue weighted by atomic mass is 35.5. The molecule has 0 fully saturated rings. The van der Waals surface area contributed by atoms with Crippen LogP contribution < -0.4 is 15.8 Å². The standard InChI is InChI=1S/C13H19ClN2O3/c1-2-6-19-12-4-3-10(8-11(12)14)16-13(17)9-18-7-5-15/h3-4,8H,2,5-7,9,15H2,1H3,(H,16,17). The van der Waals surface area contributed by atoms with Gasteiger partial charge in [-0.3, -0.25) is 4.79 Å². The Morgan fingerprint density at radius 1 is 1.42 bits per heavy atom. The number of ether oxygens (including phenoxy) is 2. The first-order valence-electron chi connectivity index (χ1n) is 6.17. The van der Waals surface area contributed by atoms with Gasteiger partial charge in [0.1, 0.15) is 12.4 Å². The molecule has 106 valence electrons. The van der Waals surface area contributed by atoms with E-state index in [1.165, 1.54) is 0 Å². The summed E-state index contributed by atoms with van der Waals surface area (Å²) in [4.78, 5) is 11.5. The molecule has 0 spiro atoms. The van der Waals surface area contributed by atoms with E-state index < -0.39 is 0 Å². The molecule has 0 heterocycles. The van der Waals surface area contributed by atoms with Gasteiger partial charge in [0, 0.05) is 12.2 Å². The lowest BCUT2D eigenvalue weighted by atomic mass is 10.3. The molecule has 0 aliphatic heterocycles. The first-order chi connectivity index (χ1) is 9.17. The highest BCUT2D eigenvalue weighted by Crippen LogP contribution is 2.27. The molecule has 0 atom stereocenters. The third-order valence-corrected chi connectivity index (χ3v) is 2.47. The van der Waals surface area contributed by atoms with E-state index in [1.54, 1.807) is 18.2 Å². The second-order valence-corrected chi connectivity index (χ2v) is 4.29. The predicted molar refractivity (Wildman–Crippen MR) is 75.7 cm³/mol. The normalized spacial score (nSPS) is 10.3. The lowest BCUT2D eigenvalue weighted by molar-refractivity contribution is -0.120. The number of halogens is 1. The van der Waals surface area contributed by atoms with E-state index in [0.29, 0.717) is 36.2 Å². The van der Waals surface area contributed by atoms with E-state index in [9.17, 15) is 4.79 Å². The number of amides is 1. The quantitative estimate of drug-likeness (QED) is 0.717. The van der Waals surface area contributed by atoms with Crippen molar-refractivity contribution in [1.82, 2.24) is 0 Å². The summed E-state index contributed by atoms with van der Waals surface area (Å²) in [6.45, 7) is 3.35. The molecular formula is C13H19ClN2O3. The van der Waals surface area contributed by atoms with Gasteiger partial charge in [-0.05, 0) is 24.6 Å². The molecule has 0 aliphatic rings. The molecule has 5 nitrogen and oxygen atoms in total. The minimum atomic E-state index is -0.244. The van der Waals surface area contributed by atoms with Crippen molar-refractivity contribution in [1.29, 1.82) is 0 Å². The summed E-state index contributed by atoms with van der Waals surface area (Å²) in [5.41, 5.74) is 5.86. The van der Waals surface area contributed by atoms with Crippen LogP contribution >= 0.6 is 11.6 Å². The van der Waals surface area contributed by atoms with Crippen LogP contribution in [0.1, 0.15) is 13.3 Å². The fourth-order valence-corrected chi connectivity index (χ4v) is 1.59. The molecule has 0 radical (unpaired) electrons. The lowest BCUT2D eigenvalue weighted by Crippen LogP contribution is -2.20. The molecule has 0 bridgehead atoms. The second-order valence-electron chi connectivity index (χ2n) is 3.88. The van der Waals surface area contributed by atoms with Gasteiger partial charge in [0.2, 0.25) is 5.91 Å². The van der Waals surface area contributed by atoms with E-state index in [-0.39, 0.29) is 12.5 Å². The maximum atomic E-state index is 11.5. The Hall–Kier alpha value is -1.30. The number of hydrogen-bond acceptors (Lipinski definition) is 4. The summed E-state index contributed by atoms with van der Waals surface area (Å²) in [7, 11) is 0. The Morgan fingerprint density at radius 3 is 2.84 bits per heavy atom. The molecule has 6 heteroatoms. The average molecular weight is 287 g/mol. The van der Waals surface area contributed by atoms with E-state index in [0.717, 1.165) is 6.42 Å². The largest absolute Gasteiger partial charge is 0.492 e. The van der Waals surface area contributed by atoms with E-state index >= 15 is 0 Å². The number of anilines is 1. The third kappa shape index (κ3) is 5.92. The maximum absolute atomic E-state index is 11.5. The number of nitrogens with one attached hydrogen (secondary N) is 1. The lowest BCUT2D eigenvalue weighted by Gasteiger charge is -2.10. The number of hydrogen-bond donors (Lipinski definition) is 2. The number of benzene rings is 1. The van der Waals surface area contributed by atoms with Crippen LogP contribution in [0.5, 0.6) is 5.75 Å². The summed E-state index contributed by atoms with van der Waals surface area (Å²) in [6, 6.07) is 5.11. The van der Waals surface area contributed by atoms with Crippen LogP contribution in [0, 0.1) is 0 Å². The first kappa shape index (κ1) is 15.8. The monoisotopic (exact) mass is 286 g/mol. The highest BCUT2D eigenvalue weighted by Gasteiger charge is 2.06. The highest BCUT2D eigenvalue weighted by molar-refractivity contribution is 6.32. The van der Waals surface area contributed by atoms with Gasteiger partial charge in [-0.1, -0.05) is 18.5 Å². The summed E-state index contributed by atoms with van der Waals surface area (Å²) in [5, 5.41) is 3.15. The molecular weight excluding hydrogens is 268 g/mol. The minimum absolute atomic E-state index is 0.0249. The van der Waals surface area contributed by atoms with Crippen LogP contribution in [0.2, 0.25) is 5.02 Å². The van der Waals surface area contributed by atoms with Crippen molar-refractivity contribution in [3.8, 4) is 5.75 Å². The van der Waals surface area contributed by atoms with Gasteiger partial charge in [0.15, 0.2) is 0 Å². The van der Waals surface area contributed by atoms with Crippen LogP contribution in [0.3, 0.4) is 0 Å². The minimum Gasteiger partial charge on any atom is -0.492 e. The van der Waals surface area contributed by atoms with Gasteiger partial charge >= 0.3 is 0 Å². The second kappa shape index (κ2) is 8.74. The molecule has 1 aromatic carbocycles. The molecule has 1 aromatic rings. The van der Waals surface area contributed by atoms with E-state index in [2.05, 4.69) is 5.32 Å². The van der Waals surface area contributed by atoms with Gasteiger partial charge < -0.3 is 20.5 Å². The van der Waals surface area contributed by atoms with Crippen molar-refractivity contribution in [2.24, 2.45) is 5.73 Å². The summed E-state index contributed by atoms with van der Waals surface area (Å²) < 4.78 is 10.5. The molecule has 0 aromatic heterocycles. The Labute approximate surface area is 118 Å². The van der Waals surface area contributed by atoms with Gasteiger partial charge in [-0.2, -0.15) is 0 Å². The smallest absolute Gasteiger partial charge is 0.250 e. The van der Waals surface area contributed by atoms with Crippen molar-refractivity contribution < 1.29 is 14.3 Å². The van der Waals surface area contributed by atoms with Crippen molar-refractivity contribution in [2.75, 3.05) is 31.7 Å². The Morgan fingerprint density at radius 2 is 2.21 bits per heavy atom. The zero-order chi connectivity index (χ0) is 14.1. The number of rotatable bonds is 8. The first-order valence-corrected chi connectivity index (χ1v) is 6.55. The number of carbonyl (C=O) groups excluding carboxylic acids is 1. The Bertz CT molecular complexity index is 413. The molecule has 0 unspecified atom stereocenters. The van der Waals surface area contributed by atoms with Crippen LogP contribution in [0.25, 0.3) is 0 Å². The third-order valence-electron chi connectivity index (χ3n) is 2.17. The number of carbonyl (C=O) groups is 1. The van der Waals surface area contributed by atoms with E-state index in [1.807, 2.05) is 6.92 Å². The Balaban J connectivity index is 2.50. The molecule has 0 saturated heterocycles. The predicted octanol–water partition coefficient (Wildman–Crippen LogP) is 2.04. The zero-order valence-electron chi connectivity index (χ0n) is 10.9.